The van der Waals surface area contributed by atoms with Gasteiger partial charge in [-0.2, -0.15) is 0 Å². The third-order valence-corrected chi connectivity index (χ3v) is 1.01. The van der Waals surface area contributed by atoms with Crippen LogP contribution in [0.3, 0.4) is 0 Å². The maximum absolute atomic E-state index is 5.33. The van der Waals surface area contributed by atoms with Gasteiger partial charge in [0.05, 0.1) is 6.61 Å². The van der Waals surface area contributed by atoms with Gasteiger partial charge in [-0.05, 0) is 19.4 Å². The van der Waals surface area contributed by atoms with Crippen molar-refractivity contribution in [1.82, 2.24) is 0 Å². The summed E-state index contributed by atoms with van der Waals surface area (Å²) in [6.45, 7) is 6.39. The molecule has 0 saturated carbocycles. The van der Waals surface area contributed by atoms with Crippen molar-refractivity contribution in [3.05, 3.63) is 0 Å². The lowest BCUT2D eigenvalue weighted by molar-refractivity contribution is 0.118. The first-order valence-corrected chi connectivity index (χ1v) is 3.09. The topological polar surface area (TPSA) is 35.2 Å². The van der Waals surface area contributed by atoms with Gasteiger partial charge in [0.1, 0.15) is 0 Å². The predicted octanol–water partition coefficient (Wildman–Crippen LogP) is 0.864. The Balaban J connectivity index is 0. The van der Waals surface area contributed by atoms with Crippen LogP contribution in [0, 0.1) is 5.92 Å². The second-order valence-corrected chi connectivity index (χ2v) is 2.00. The molecule has 2 nitrogen and oxygen atoms in total. The number of ether oxygens (including phenoxy) is 1. The van der Waals surface area contributed by atoms with Crippen LogP contribution in [0.4, 0.5) is 0 Å². The smallest absolute Gasteiger partial charge is 0.0503 e. The quantitative estimate of drug-likeness (QED) is 0.595. The largest absolute Gasteiger partial charge is 0.381 e. The van der Waals surface area contributed by atoms with E-state index >= 15 is 0 Å². The van der Waals surface area contributed by atoms with E-state index in [4.69, 9.17) is 10.5 Å². The predicted molar refractivity (Wildman–Crippen MR) is 36.8 cm³/mol. The minimum absolute atomic E-state index is 0. The highest BCUT2D eigenvalue weighted by Crippen LogP contribution is 1.90. The van der Waals surface area contributed by atoms with Crippen LogP contribution in [0.25, 0.3) is 0 Å². The highest BCUT2D eigenvalue weighted by atomic mass is 16.5. The van der Waals surface area contributed by atoms with Crippen molar-refractivity contribution < 1.29 is 6.16 Å². The van der Waals surface area contributed by atoms with Gasteiger partial charge in [0, 0.05) is 8.03 Å². The molecule has 0 aromatic rings. The summed E-state index contributed by atoms with van der Waals surface area (Å²) in [5.74, 6) is 0.509. The molecule has 0 amide bonds. The highest BCUT2D eigenvalue weighted by Gasteiger charge is 1.95. The lowest BCUT2D eigenvalue weighted by atomic mass is 10.2. The molecule has 0 aliphatic rings. The first kappa shape index (κ1) is 7.92. The first-order valence-electron chi connectivity index (χ1n) is 3.09. The Morgan fingerprint density at radius 2 is 2.38 bits per heavy atom. The van der Waals surface area contributed by atoms with Gasteiger partial charge >= 0.3 is 0 Å². The van der Waals surface area contributed by atoms with Crippen molar-refractivity contribution >= 4 is 0 Å². The fraction of sp³-hybridized carbons (Fsp3) is 1.00. The molecule has 0 aliphatic carbocycles. The van der Waals surface area contributed by atoms with Crippen molar-refractivity contribution in [2.45, 2.75) is 13.8 Å². The van der Waals surface area contributed by atoms with Crippen molar-refractivity contribution in [2.24, 2.45) is 11.7 Å². The summed E-state index contributed by atoms with van der Waals surface area (Å²) < 4.78 is 5.11. The maximum atomic E-state index is 5.33. The molecule has 0 saturated heterocycles. The molecule has 0 radical (unpaired) electrons. The number of hydrogen-bond acceptors (Lipinski definition) is 2. The fourth-order valence-corrected chi connectivity index (χ4v) is 0.387. The molecular weight excluding hydrogens is 102 g/mol. The Bertz CT molecular complexity index is 52.3. The van der Waals surface area contributed by atoms with Crippen LogP contribution in [-0.2, 0) is 4.74 Å². The zero-order valence-electron chi connectivity index (χ0n) is 5.68. The second kappa shape index (κ2) is 5.06. The Kier molecular flexibility index (Phi) is 5.01. The third kappa shape index (κ3) is 4.09. The average Bonchev–Trinajstić information content (AvgIpc) is 1.83. The van der Waals surface area contributed by atoms with Crippen LogP contribution in [0.5, 0.6) is 0 Å². The van der Waals surface area contributed by atoms with Gasteiger partial charge in [-0.1, -0.05) is 6.92 Å². The molecule has 0 aromatic heterocycles. The summed E-state index contributed by atoms with van der Waals surface area (Å²) in [5.41, 5.74) is 5.33. The summed E-state index contributed by atoms with van der Waals surface area (Å²) in [6, 6.07) is 0. The summed E-state index contributed by atoms with van der Waals surface area (Å²) in [7, 11) is 0. The molecule has 2 N–H and O–H groups in total. The summed E-state index contributed by atoms with van der Waals surface area (Å²) in [6.07, 6.45) is 0. The Hall–Kier alpha value is -0.0800. The molecule has 0 aliphatic heterocycles. The van der Waals surface area contributed by atoms with E-state index < -0.39 is 0 Å². The molecule has 0 unspecified atom stereocenters. The number of rotatable bonds is 4. The van der Waals surface area contributed by atoms with Gasteiger partial charge in [0.15, 0.2) is 0 Å². The highest BCUT2D eigenvalue weighted by molar-refractivity contribution is 4.48. The number of nitrogens with two attached hydrogens (primary N) is 1. The Morgan fingerprint density at radius 1 is 1.75 bits per heavy atom. The van der Waals surface area contributed by atoms with Crippen molar-refractivity contribution in [3.8, 4) is 0 Å². The van der Waals surface area contributed by atoms with Gasteiger partial charge in [-0.3, -0.25) is 0 Å². The molecule has 8 heavy (non-hydrogen) atoms. The monoisotopic (exact) mass is 119 g/mol. The minimum atomic E-state index is 0. The minimum Gasteiger partial charge on any atom is -0.381 e. The van der Waals surface area contributed by atoms with Crippen molar-refractivity contribution in [3.63, 3.8) is 0 Å². The van der Waals surface area contributed by atoms with Crippen LogP contribution in [0.15, 0.2) is 0 Å². The molecule has 0 bridgehead atoms. The van der Waals surface area contributed by atoms with Crippen LogP contribution in [0.1, 0.15) is 15.3 Å². The van der Waals surface area contributed by atoms with Crippen LogP contribution in [-0.4, -0.2) is 19.8 Å². The van der Waals surface area contributed by atoms with E-state index in [1.807, 2.05) is 6.92 Å². The van der Waals surface area contributed by atoms with Gasteiger partial charge in [0.2, 0.25) is 0 Å². The van der Waals surface area contributed by atoms with Crippen LogP contribution < -0.4 is 5.73 Å². The zero-order chi connectivity index (χ0) is 6.41. The van der Waals surface area contributed by atoms with E-state index in [9.17, 15) is 0 Å². The van der Waals surface area contributed by atoms with Crippen LogP contribution >= 0.6 is 0 Å². The molecule has 0 rings (SSSR count). The van der Waals surface area contributed by atoms with E-state index in [-0.39, 0.29) is 1.43 Å². The standard InChI is InChI=1S/C6H15NO.H2/c1-3-8-5-6(2)4-7;/h6H,3-5,7H2,1-2H3;1H/t6-;/m0./s1. The summed E-state index contributed by atoms with van der Waals surface area (Å²) >= 11 is 0. The van der Waals surface area contributed by atoms with Gasteiger partial charge in [-0.25, -0.2) is 0 Å². The summed E-state index contributed by atoms with van der Waals surface area (Å²) in [4.78, 5) is 0. The van der Waals surface area contributed by atoms with Crippen molar-refractivity contribution in [2.75, 3.05) is 19.8 Å². The van der Waals surface area contributed by atoms with Crippen LogP contribution in [0.2, 0.25) is 0 Å². The Morgan fingerprint density at radius 3 is 2.75 bits per heavy atom. The molecule has 2 heteroatoms. The normalized spacial score (nSPS) is 13.9. The first-order chi connectivity index (χ1) is 3.81. The average molecular weight is 119 g/mol. The molecular formula is C6H17NO. The SMILES string of the molecule is CCOC[C@@H](C)CN.[HH]. The molecule has 52 valence electrons. The van der Waals surface area contributed by atoms with Gasteiger partial charge in [-0.15, -0.1) is 0 Å². The van der Waals surface area contributed by atoms with E-state index in [2.05, 4.69) is 6.92 Å². The lowest BCUT2D eigenvalue weighted by Crippen LogP contribution is -2.16. The van der Waals surface area contributed by atoms with E-state index in [1.54, 1.807) is 0 Å². The molecule has 0 fully saturated rings. The second-order valence-electron chi connectivity index (χ2n) is 2.00. The van der Waals surface area contributed by atoms with E-state index in [1.165, 1.54) is 0 Å². The summed E-state index contributed by atoms with van der Waals surface area (Å²) in [5, 5.41) is 0. The molecule has 0 spiro atoms. The molecule has 0 heterocycles. The Labute approximate surface area is 52.5 Å². The third-order valence-electron chi connectivity index (χ3n) is 1.01. The zero-order valence-corrected chi connectivity index (χ0v) is 5.68. The van der Waals surface area contributed by atoms with E-state index in [0.717, 1.165) is 19.8 Å². The lowest BCUT2D eigenvalue weighted by Gasteiger charge is -2.05. The van der Waals surface area contributed by atoms with E-state index in [0.29, 0.717) is 5.92 Å². The van der Waals surface area contributed by atoms with Gasteiger partial charge in [0.25, 0.3) is 0 Å². The van der Waals surface area contributed by atoms with Gasteiger partial charge < -0.3 is 10.5 Å². The fourth-order valence-electron chi connectivity index (χ4n) is 0.387. The number of hydrogen-bond donors (Lipinski definition) is 1. The molecule has 1 atom stereocenters. The maximum Gasteiger partial charge on any atom is 0.0503 e. The van der Waals surface area contributed by atoms with Crippen molar-refractivity contribution in [1.29, 1.82) is 0 Å². The molecule has 0 aromatic carbocycles.